The van der Waals surface area contributed by atoms with Crippen molar-refractivity contribution in [3.8, 4) is 0 Å². The number of rotatable bonds is 5. The van der Waals surface area contributed by atoms with Gasteiger partial charge in [0.25, 0.3) is 11.5 Å². The van der Waals surface area contributed by atoms with Crippen LogP contribution in [0.4, 0.5) is 0 Å². The summed E-state index contributed by atoms with van der Waals surface area (Å²) < 4.78 is 2.67. The van der Waals surface area contributed by atoms with E-state index >= 15 is 0 Å². The van der Waals surface area contributed by atoms with Crippen molar-refractivity contribution in [1.82, 2.24) is 24.4 Å². The molecule has 4 rings (SSSR count). The Hall–Kier alpha value is -2.98. The zero-order chi connectivity index (χ0) is 23.3. The fraction of sp³-hybridized carbons (Fsp3) is 0.545. The van der Waals surface area contributed by atoms with Crippen molar-refractivity contribution >= 4 is 11.5 Å². The topological polar surface area (TPSA) is 122 Å². The Bertz CT molecular complexity index is 1210. The largest absolute Gasteiger partial charge is 0.389 e. The number of aryl methyl sites for hydroxylation is 2. The highest BCUT2D eigenvalue weighted by atomic mass is 16.7. The summed E-state index contributed by atoms with van der Waals surface area (Å²) in [6, 6.07) is 0. The second-order valence-electron chi connectivity index (χ2n) is 9.03. The number of carbonyl (C=O) groups excluding carboxylic acids is 1. The quantitative estimate of drug-likeness (QED) is 0.682. The summed E-state index contributed by atoms with van der Waals surface area (Å²) in [6.07, 6.45) is -0.0474. The molecule has 2 aromatic rings. The Morgan fingerprint density at radius 1 is 1.31 bits per heavy atom. The highest BCUT2D eigenvalue weighted by molar-refractivity contribution is 6.21. The molecule has 1 aliphatic carbocycles. The number of aliphatic hydroxyl groups is 1. The third kappa shape index (κ3) is 3.63. The Morgan fingerprint density at radius 2 is 2.03 bits per heavy atom. The number of amides is 1. The van der Waals surface area contributed by atoms with Gasteiger partial charge in [0.1, 0.15) is 12.7 Å². The van der Waals surface area contributed by atoms with Crippen LogP contribution in [0.2, 0.25) is 0 Å². The second-order valence-corrected chi connectivity index (χ2v) is 9.03. The first-order chi connectivity index (χ1) is 15.1. The predicted octanol–water partition coefficient (Wildman–Crippen LogP) is 0.230. The number of aliphatic hydroxyl groups excluding tert-OH is 1. The molecule has 32 heavy (non-hydrogen) atoms. The minimum absolute atomic E-state index is 0.0199. The van der Waals surface area contributed by atoms with Gasteiger partial charge in [-0.05, 0) is 37.3 Å². The van der Waals surface area contributed by atoms with E-state index in [4.69, 9.17) is 4.84 Å². The second kappa shape index (κ2) is 8.18. The van der Waals surface area contributed by atoms with Crippen LogP contribution in [0.5, 0.6) is 0 Å². The average Bonchev–Trinajstić information content (AvgIpc) is 3.42. The molecule has 0 radical (unpaired) electrons. The summed E-state index contributed by atoms with van der Waals surface area (Å²) in [5.74, 6) is -0.297. The number of hydroxylamine groups is 2. The number of allylic oxidation sites excluding steroid dienone is 1. The first kappa shape index (κ1) is 22.2. The molecular formula is C22H29N5O5. The van der Waals surface area contributed by atoms with Gasteiger partial charge in [0, 0.05) is 31.4 Å². The summed E-state index contributed by atoms with van der Waals surface area (Å²) >= 11 is 0. The number of nitrogens with zero attached hydrogens (tertiary/aromatic N) is 4. The number of carbonyl (C=O) groups is 1. The van der Waals surface area contributed by atoms with Crippen molar-refractivity contribution in [2.75, 3.05) is 13.2 Å². The molecule has 0 spiro atoms. The van der Waals surface area contributed by atoms with Crippen LogP contribution in [-0.2, 0) is 36.1 Å². The number of H-pyrrole nitrogens is 1. The van der Waals surface area contributed by atoms with E-state index in [2.05, 4.69) is 10.2 Å². The van der Waals surface area contributed by atoms with E-state index in [1.54, 1.807) is 4.57 Å². The van der Waals surface area contributed by atoms with Gasteiger partial charge in [-0.3, -0.25) is 28.7 Å². The van der Waals surface area contributed by atoms with Crippen LogP contribution in [-0.4, -0.2) is 54.7 Å². The molecule has 1 atom stereocenters. The number of hydrogen-bond acceptors (Lipinski definition) is 6. The number of aromatic amines is 1. The van der Waals surface area contributed by atoms with Crippen molar-refractivity contribution in [2.45, 2.75) is 53.2 Å². The molecule has 1 amide bonds. The minimum atomic E-state index is -0.778. The molecule has 2 N–H and O–H groups in total. The highest BCUT2D eigenvalue weighted by Crippen LogP contribution is 2.35. The van der Waals surface area contributed by atoms with Crippen molar-refractivity contribution in [3.05, 3.63) is 54.6 Å². The summed E-state index contributed by atoms with van der Waals surface area (Å²) in [7, 11) is 1.43. The third-order valence-electron chi connectivity index (χ3n) is 6.09. The Kier molecular flexibility index (Phi) is 5.68. The maximum Gasteiger partial charge on any atom is 0.330 e. The van der Waals surface area contributed by atoms with Gasteiger partial charge in [-0.25, -0.2) is 9.86 Å². The fourth-order valence-corrected chi connectivity index (χ4v) is 4.46. The molecule has 2 aromatic heterocycles. The van der Waals surface area contributed by atoms with Crippen molar-refractivity contribution in [2.24, 2.45) is 13.0 Å². The van der Waals surface area contributed by atoms with Gasteiger partial charge >= 0.3 is 5.69 Å². The van der Waals surface area contributed by atoms with Crippen LogP contribution in [0, 0.1) is 19.8 Å². The zero-order valence-electron chi connectivity index (χ0n) is 19.1. The lowest BCUT2D eigenvalue weighted by Crippen LogP contribution is -2.42. The van der Waals surface area contributed by atoms with E-state index in [0.29, 0.717) is 25.1 Å². The first-order valence-corrected chi connectivity index (χ1v) is 10.8. The standard InChI is InChI=1S/C22H29N5O5/c1-11(2)8-26-17-7-14(6-16-12(3)23-24-13(16)4)18(19(17)20(29)25(5)22(26)31)21(30)27-9-15(28)10-32-27/h11,15,28H,6-10H2,1-5H3,(H,23,24)/t15-/m0/s1. The number of β-amino-alcohol motifs (C(OH)–C–C–N with tert-alkyl or cyclic N) is 1. The van der Waals surface area contributed by atoms with Crippen LogP contribution < -0.4 is 11.2 Å². The lowest BCUT2D eigenvalue weighted by atomic mass is 9.98. The van der Waals surface area contributed by atoms with Crippen LogP contribution in [0.1, 0.15) is 42.1 Å². The maximum atomic E-state index is 13.5. The minimum Gasteiger partial charge on any atom is -0.389 e. The van der Waals surface area contributed by atoms with E-state index in [1.807, 2.05) is 27.7 Å². The molecule has 2 aliphatic rings. The fourth-order valence-electron chi connectivity index (χ4n) is 4.46. The van der Waals surface area contributed by atoms with E-state index in [0.717, 1.165) is 32.2 Å². The van der Waals surface area contributed by atoms with Crippen molar-refractivity contribution in [3.63, 3.8) is 0 Å². The van der Waals surface area contributed by atoms with Gasteiger partial charge in [0.05, 0.1) is 23.4 Å². The van der Waals surface area contributed by atoms with Gasteiger partial charge in [-0.15, -0.1) is 0 Å². The van der Waals surface area contributed by atoms with Crippen LogP contribution in [0.25, 0.3) is 5.57 Å². The molecule has 0 bridgehead atoms. The van der Waals surface area contributed by atoms with Crippen molar-refractivity contribution in [1.29, 1.82) is 0 Å². The SMILES string of the molecule is Cc1n[nH]c(C)c1CC1=C(C(=O)N2C[C@H](O)CO2)c2c(n(CC(C)C)c(=O)n(C)c2=O)C1. The lowest BCUT2D eigenvalue weighted by molar-refractivity contribution is -0.161. The van der Waals surface area contributed by atoms with Gasteiger partial charge < -0.3 is 5.11 Å². The Labute approximate surface area is 185 Å². The highest BCUT2D eigenvalue weighted by Gasteiger charge is 2.38. The average molecular weight is 444 g/mol. The molecule has 1 fully saturated rings. The molecule has 0 saturated carbocycles. The van der Waals surface area contributed by atoms with E-state index in [9.17, 15) is 19.5 Å². The summed E-state index contributed by atoms with van der Waals surface area (Å²) in [6.45, 7) is 8.27. The monoisotopic (exact) mass is 443 g/mol. The molecule has 0 unspecified atom stereocenters. The van der Waals surface area contributed by atoms with Crippen LogP contribution in [0.3, 0.4) is 0 Å². The lowest BCUT2D eigenvalue weighted by Gasteiger charge is -2.18. The third-order valence-corrected chi connectivity index (χ3v) is 6.09. The molecule has 1 aliphatic heterocycles. The molecule has 1 saturated heterocycles. The van der Waals surface area contributed by atoms with Gasteiger partial charge in [-0.1, -0.05) is 13.8 Å². The molecular weight excluding hydrogens is 414 g/mol. The van der Waals surface area contributed by atoms with Gasteiger partial charge in [-0.2, -0.15) is 5.10 Å². The van der Waals surface area contributed by atoms with E-state index in [1.165, 1.54) is 7.05 Å². The Morgan fingerprint density at radius 3 is 2.59 bits per heavy atom. The molecule has 0 aromatic carbocycles. The van der Waals surface area contributed by atoms with Crippen LogP contribution >= 0.6 is 0 Å². The first-order valence-electron chi connectivity index (χ1n) is 10.8. The smallest absolute Gasteiger partial charge is 0.330 e. The number of nitrogens with one attached hydrogen (secondary N) is 1. The molecule has 172 valence electrons. The van der Waals surface area contributed by atoms with E-state index in [-0.39, 0.29) is 35.9 Å². The Balaban J connectivity index is 1.91. The van der Waals surface area contributed by atoms with Crippen molar-refractivity contribution < 1.29 is 14.7 Å². The van der Waals surface area contributed by atoms with Gasteiger partial charge in [0.2, 0.25) is 0 Å². The van der Waals surface area contributed by atoms with Crippen LogP contribution in [0.15, 0.2) is 15.2 Å². The number of fused-ring (bicyclic) bond motifs is 1. The molecule has 10 nitrogen and oxygen atoms in total. The maximum absolute atomic E-state index is 13.5. The number of hydrogen-bond donors (Lipinski definition) is 2. The number of aromatic nitrogens is 4. The summed E-state index contributed by atoms with van der Waals surface area (Å²) in [4.78, 5) is 45.1. The summed E-state index contributed by atoms with van der Waals surface area (Å²) in [5.41, 5.74) is 3.57. The van der Waals surface area contributed by atoms with E-state index < -0.39 is 17.6 Å². The molecule has 3 heterocycles. The van der Waals surface area contributed by atoms with Gasteiger partial charge in [0.15, 0.2) is 0 Å². The normalized spacial score (nSPS) is 18.2. The predicted molar refractivity (Wildman–Crippen MR) is 117 cm³/mol. The zero-order valence-corrected chi connectivity index (χ0v) is 19.1. The molecule has 10 heteroatoms. The summed E-state index contributed by atoms with van der Waals surface area (Å²) in [5, 5.41) is 18.2.